The Morgan fingerprint density at radius 2 is 2.29 bits per heavy atom. The smallest absolute Gasteiger partial charge is 0.342 e. The largest absolute Gasteiger partial charge is 0.454 e. The molecule has 0 N–H and O–H groups in total. The summed E-state index contributed by atoms with van der Waals surface area (Å²) in [6.07, 6.45) is 3.40. The van der Waals surface area contributed by atoms with Crippen LogP contribution >= 0.6 is 0 Å². The first kappa shape index (κ1) is 8.74. The second-order valence-corrected chi connectivity index (χ2v) is 3.10. The number of aryl methyl sites for hydroxylation is 1. The van der Waals surface area contributed by atoms with E-state index in [1.54, 1.807) is 6.08 Å². The minimum atomic E-state index is -0.531. The van der Waals surface area contributed by atoms with Crippen LogP contribution in [0.1, 0.15) is 5.69 Å². The van der Waals surface area contributed by atoms with E-state index in [1.807, 2.05) is 29.9 Å². The molecule has 1 aromatic rings. The summed E-state index contributed by atoms with van der Waals surface area (Å²) in [5.74, 6) is -0.785. The van der Waals surface area contributed by atoms with E-state index in [0.717, 1.165) is 5.69 Å². The molecule has 4 heteroatoms. The van der Waals surface area contributed by atoms with Crippen LogP contribution in [0.15, 0.2) is 23.9 Å². The Hall–Kier alpha value is -1.84. The van der Waals surface area contributed by atoms with Crippen LogP contribution in [0.4, 0.5) is 0 Å². The van der Waals surface area contributed by atoms with Gasteiger partial charge in [0.25, 0.3) is 0 Å². The van der Waals surface area contributed by atoms with Crippen molar-refractivity contribution in [2.45, 2.75) is 0 Å². The average Bonchev–Trinajstić information content (AvgIpc) is 2.67. The molecule has 1 aliphatic rings. The number of ether oxygens (including phenoxy) is 1. The van der Waals surface area contributed by atoms with Gasteiger partial charge in [-0.15, -0.1) is 0 Å². The van der Waals surface area contributed by atoms with Crippen molar-refractivity contribution < 1.29 is 14.3 Å². The Morgan fingerprint density at radius 1 is 1.50 bits per heavy atom. The Kier molecular flexibility index (Phi) is 1.96. The number of carbonyl (C=O) groups is 2. The van der Waals surface area contributed by atoms with Crippen LogP contribution in [0.5, 0.6) is 0 Å². The van der Waals surface area contributed by atoms with Gasteiger partial charge in [0.15, 0.2) is 6.61 Å². The summed E-state index contributed by atoms with van der Waals surface area (Å²) in [6.45, 7) is -0.130. The molecule has 1 saturated heterocycles. The third kappa shape index (κ3) is 1.35. The van der Waals surface area contributed by atoms with Gasteiger partial charge in [-0.25, -0.2) is 4.79 Å². The first-order chi connectivity index (χ1) is 6.68. The van der Waals surface area contributed by atoms with Crippen LogP contribution in [0.3, 0.4) is 0 Å². The van der Waals surface area contributed by atoms with Gasteiger partial charge in [-0.05, 0) is 18.2 Å². The zero-order valence-electron chi connectivity index (χ0n) is 7.69. The summed E-state index contributed by atoms with van der Waals surface area (Å²) in [7, 11) is 1.84. The highest BCUT2D eigenvalue weighted by Crippen LogP contribution is 2.14. The van der Waals surface area contributed by atoms with Crippen molar-refractivity contribution in [3.8, 4) is 0 Å². The maximum absolute atomic E-state index is 11.2. The monoisotopic (exact) mass is 191 g/mol. The lowest BCUT2D eigenvalue weighted by atomic mass is 10.2. The predicted octanol–water partition coefficient (Wildman–Crippen LogP) is 0.534. The molecule has 0 aromatic carbocycles. The van der Waals surface area contributed by atoms with E-state index in [0.29, 0.717) is 0 Å². The average molecular weight is 191 g/mol. The number of hydrogen-bond donors (Lipinski definition) is 0. The minimum Gasteiger partial charge on any atom is -0.454 e. The second kappa shape index (κ2) is 3.14. The standard InChI is InChI=1S/C10H9NO3/c1-11-4-2-3-7(11)5-8-9(12)6-14-10(8)13/h2-5H,6H2,1H3/b8-5+. The number of nitrogens with zero attached hydrogens (tertiary/aromatic N) is 1. The van der Waals surface area contributed by atoms with Gasteiger partial charge in [-0.1, -0.05) is 0 Å². The van der Waals surface area contributed by atoms with E-state index in [1.165, 1.54) is 0 Å². The Labute approximate surface area is 80.8 Å². The molecule has 0 amide bonds. The molecule has 14 heavy (non-hydrogen) atoms. The van der Waals surface area contributed by atoms with Crippen molar-refractivity contribution in [3.05, 3.63) is 29.6 Å². The quantitative estimate of drug-likeness (QED) is 0.369. The fourth-order valence-corrected chi connectivity index (χ4v) is 1.31. The number of esters is 1. The maximum atomic E-state index is 11.2. The number of aromatic nitrogens is 1. The van der Waals surface area contributed by atoms with Crippen molar-refractivity contribution in [2.75, 3.05) is 6.61 Å². The Balaban J connectivity index is 2.39. The molecule has 0 aliphatic carbocycles. The van der Waals surface area contributed by atoms with Crippen LogP contribution in [-0.2, 0) is 21.4 Å². The number of carbonyl (C=O) groups excluding carboxylic acids is 2. The molecule has 1 aliphatic heterocycles. The van der Waals surface area contributed by atoms with Crippen molar-refractivity contribution in [3.63, 3.8) is 0 Å². The number of Topliss-reactive ketones (excluding diaryl/α,β-unsaturated/α-hetero) is 1. The number of ketones is 1. The van der Waals surface area contributed by atoms with Crippen molar-refractivity contribution in [1.82, 2.24) is 4.57 Å². The molecule has 1 fully saturated rings. The lowest BCUT2D eigenvalue weighted by Crippen LogP contribution is -2.01. The molecule has 2 heterocycles. The predicted molar refractivity (Wildman–Crippen MR) is 49.4 cm³/mol. The summed E-state index contributed by atoms with van der Waals surface area (Å²) in [4.78, 5) is 22.3. The van der Waals surface area contributed by atoms with Crippen LogP contribution in [0.2, 0.25) is 0 Å². The second-order valence-electron chi connectivity index (χ2n) is 3.10. The van der Waals surface area contributed by atoms with Gasteiger partial charge in [0.05, 0.1) is 0 Å². The van der Waals surface area contributed by atoms with Crippen LogP contribution < -0.4 is 0 Å². The maximum Gasteiger partial charge on any atom is 0.342 e. The number of hydrogen-bond acceptors (Lipinski definition) is 3. The van der Waals surface area contributed by atoms with Gasteiger partial charge >= 0.3 is 5.97 Å². The van der Waals surface area contributed by atoms with Gasteiger partial charge in [0.2, 0.25) is 5.78 Å². The van der Waals surface area contributed by atoms with Crippen LogP contribution in [0.25, 0.3) is 6.08 Å². The van der Waals surface area contributed by atoms with E-state index in [9.17, 15) is 9.59 Å². The Bertz CT molecular complexity index is 410. The third-order valence-corrected chi connectivity index (χ3v) is 2.13. The number of rotatable bonds is 1. The molecule has 72 valence electrons. The summed E-state index contributed by atoms with van der Waals surface area (Å²) in [5.41, 5.74) is 0.944. The summed E-state index contributed by atoms with van der Waals surface area (Å²) < 4.78 is 6.43. The highest BCUT2D eigenvalue weighted by Gasteiger charge is 2.28. The van der Waals surface area contributed by atoms with Crippen LogP contribution in [-0.4, -0.2) is 22.9 Å². The van der Waals surface area contributed by atoms with Crippen LogP contribution in [0, 0.1) is 0 Å². The highest BCUT2D eigenvalue weighted by molar-refractivity contribution is 6.24. The lowest BCUT2D eigenvalue weighted by Gasteiger charge is -1.96. The van der Waals surface area contributed by atoms with Gasteiger partial charge in [-0.3, -0.25) is 4.79 Å². The molecule has 0 unspecified atom stereocenters. The van der Waals surface area contributed by atoms with Gasteiger partial charge in [-0.2, -0.15) is 0 Å². The lowest BCUT2D eigenvalue weighted by molar-refractivity contribution is -0.135. The fraction of sp³-hybridized carbons (Fsp3) is 0.200. The normalized spacial score (nSPS) is 19.1. The fourth-order valence-electron chi connectivity index (χ4n) is 1.31. The molecular weight excluding hydrogens is 182 g/mol. The molecule has 1 aromatic heterocycles. The van der Waals surface area contributed by atoms with E-state index < -0.39 is 5.97 Å². The minimum absolute atomic E-state index is 0.130. The first-order valence-corrected chi connectivity index (χ1v) is 4.22. The van der Waals surface area contributed by atoms with Crippen molar-refractivity contribution in [2.24, 2.45) is 7.05 Å². The van der Waals surface area contributed by atoms with E-state index in [4.69, 9.17) is 0 Å². The summed E-state index contributed by atoms with van der Waals surface area (Å²) >= 11 is 0. The molecule has 0 radical (unpaired) electrons. The summed E-state index contributed by atoms with van der Waals surface area (Å²) in [5, 5.41) is 0. The number of cyclic esters (lactones) is 1. The first-order valence-electron chi connectivity index (χ1n) is 4.22. The third-order valence-electron chi connectivity index (χ3n) is 2.13. The highest BCUT2D eigenvalue weighted by atomic mass is 16.5. The molecule has 0 bridgehead atoms. The molecule has 0 saturated carbocycles. The van der Waals surface area contributed by atoms with E-state index >= 15 is 0 Å². The van der Waals surface area contributed by atoms with Gasteiger partial charge in [0, 0.05) is 18.9 Å². The zero-order valence-corrected chi connectivity index (χ0v) is 7.69. The topological polar surface area (TPSA) is 48.3 Å². The molecular formula is C10H9NO3. The van der Waals surface area contributed by atoms with Gasteiger partial charge in [0.1, 0.15) is 5.57 Å². The van der Waals surface area contributed by atoms with Gasteiger partial charge < -0.3 is 9.30 Å². The van der Waals surface area contributed by atoms with E-state index in [-0.39, 0.29) is 18.0 Å². The summed E-state index contributed by atoms with van der Waals surface area (Å²) in [6, 6.07) is 3.67. The van der Waals surface area contributed by atoms with Crippen molar-refractivity contribution >= 4 is 17.8 Å². The molecule has 4 nitrogen and oxygen atoms in total. The molecule has 0 spiro atoms. The van der Waals surface area contributed by atoms with E-state index in [2.05, 4.69) is 4.74 Å². The SMILES string of the molecule is Cn1cccc1/C=C1\C(=O)COC1=O. The zero-order chi connectivity index (χ0) is 10.1. The molecule has 0 atom stereocenters. The van der Waals surface area contributed by atoms with Crippen molar-refractivity contribution in [1.29, 1.82) is 0 Å². The Morgan fingerprint density at radius 3 is 2.79 bits per heavy atom. The molecule has 2 rings (SSSR count).